The van der Waals surface area contributed by atoms with Crippen LogP contribution in [0.5, 0.6) is 0 Å². The van der Waals surface area contributed by atoms with E-state index in [1.165, 1.54) is 18.4 Å². The van der Waals surface area contributed by atoms with Crippen molar-refractivity contribution in [2.45, 2.75) is 86.4 Å². The molecule has 0 unspecified atom stereocenters. The van der Waals surface area contributed by atoms with Crippen molar-refractivity contribution in [3.05, 3.63) is 11.6 Å². The van der Waals surface area contributed by atoms with Gasteiger partial charge in [-0.15, -0.1) is 0 Å². The van der Waals surface area contributed by atoms with Crippen LogP contribution in [-0.2, 0) is 4.43 Å². The first kappa shape index (κ1) is 19.0. The number of allylic oxidation sites excluding steroid dienone is 2. The molecule has 1 aliphatic carbocycles. The van der Waals surface area contributed by atoms with Crippen molar-refractivity contribution in [3.8, 4) is 0 Å². The van der Waals surface area contributed by atoms with Gasteiger partial charge in [-0.05, 0) is 61.6 Å². The Kier molecular flexibility index (Phi) is 5.28. The predicted molar refractivity (Wildman–Crippen MR) is 97.2 cm³/mol. The fraction of sp³-hybridized carbons (Fsp3) is 0.895. The van der Waals surface area contributed by atoms with Crippen LogP contribution < -0.4 is 0 Å². The minimum absolute atomic E-state index is 0.310. The molecule has 2 heteroatoms. The molecule has 0 heterocycles. The van der Waals surface area contributed by atoms with Crippen LogP contribution in [0.15, 0.2) is 11.6 Å². The summed E-state index contributed by atoms with van der Waals surface area (Å²) in [6.45, 7) is 24.4. The lowest BCUT2D eigenvalue weighted by atomic mass is 9.92. The van der Waals surface area contributed by atoms with Crippen molar-refractivity contribution in [1.29, 1.82) is 0 Å². The molecule has 1 fully saturated rings. The molecule has 0 aromatic carbocycles. The van der Waals surface area contributed by atoms with Crippen LogP contribution in [-0.4, -0.2) is 14.9 Å². The molecular formula is C19H38OSi. The fourth-order valence-electron chi connectivity index (χ4n) is 3.26. The highest BCUT2D eigenvalue weighted by atomic mass is 28.4. The number of hydrogen-bond acceptors (Lipinski definition) is 1. The average Bonchev–Trinajstić information content (AvgIpc) is 2.67. The van der Waals surface area contributed by atoms with Crippen molar-refractivity contribution in [2.75, 3.05) is 6.61 Å². The van der Waals surface area contributed by atoms with Crippen LogP contribution in [0.1, 0.15) is 68.2 Å². The molecule has 0 aromatic rings. The third-order valence-corrected chi connectivity index (χ3v) is 11.2. The second-order valence-electron chi connectivity index (χ2n) is 9.58. The van der Waals surface area contributed by atoms with Gasteiger partial charge >= 0.3 is 0 Å². The lowest BCUT2D eigenvalue weighted by Crippen LogP contribution is -2.41. The molecule has 1 aliphatic rings. The molecule has 0 aliphatic heterocycles. The third kappa shape index (κ3) is 3.82. The van der Waals surface area contributed by atoms with Gasteiger partial charge in [-0.2, -0.15) is 0 Å². The maximum atomic E-state index is 6.50. The maximum absolute atomic E-state index is 6.50. The van der Waals surface area contributed by atoms with Crippen molar-refractivity contribution < 1.29 is 4.43 Å². The van der Waals surface area contributed by atoms with Crippen LogP contribution in [0.4, 0.5) is 0 Å². The van der Waals surface area contributed by atoms with Gasteiger partial charge in [0.25, 0.3) is 0 Å². The summed E-state index contributed by atoms with van der Waals surface area (Å²) in [4.78, 5) is 0. The lowest BCUT2D eigenvalue weighted by Gasteiger charge is -2.36. The Balaban J connectivity index is 2.63. The third-order valence-electron chi connectivity index (χ3n) is 6.66. The molecule has 1 nitrogen and oxygen atoms in total. The van der Waals surface area contributed by atoms with Gasteiger partial charge in [0.1, 0.15) is 0 Å². The van der Waals surface area contributed by atoms with Gasteiger partial charge in [0.2, 0.25) is 0 Å². The summed E-state index contributed by atoms with van der Waals surface area (Å²) in [5, 5.41) is 0.310. The van der Waals surface area contributed by atoms with Crippen LogP contribution in [0, 0.1) is 16.7 Å². The van der Waals surface area contributed by atoms with Crippen molar-refractivity contribution >= 4 is 8.32 Å². The van der Waals surface area contributed by atoms with Crippen molar-refractivity contribution in [2.24, 2.45) is 16.7 Å². The molecule has 0 saturated heterocycles. The largest absolute Gasteiger partial charge is 0.417 e. The first-order chi connectivity index (χ1) is 9.26. The van der Waals surface area contributed by atoms with Crippen molar-refractivity contribution in [1.82, 2.24) is 0 Å². The Morgan fingerprint density at radius 2 is 1.67 bits per heavy atom. The smallest absolute Gasteiger partial charge is 0.191 e. The molecular weight excluding hydrogens is 272 g/mol. The van der Waals surface area contributed by atoms with Crippen molar-refractivity contribution in [3.63, 3.8) is 0 Å². The van der Waals surface area contributed by atoms with E-state index in [1.54, 1.807) is 0 Å². The van der Waals surface area contributed by atoms with E-state index in [0.29, 0.717) is 21.8 Å². The molecule has 0 aromatic heterocycles. The highest BCUT2D eigenvalue weighted by Crippen LogP contribution is 2.71. The van der Waals surface area contributed by atoms with E-state index in [2.05, 4.69) is 74.6 Å². The van der Waals surface area contributed by atoms with E-state index in [-0.39, 0.29) is 0 Å². The zero-order chi connectivity index (χ0) is 16.7. The van der Waals surface area contributed by atoms with Gasteiger partial charge in [0.05, 0.1) is 0 Å². The van der Waals surface area contributed by atoms with Gasteiger partial charge in [0.15, 0.2) is 8.32 Å². The fourth-order valence-corrected chi connectivity index (χ4v) is 4.27. The lowest BCUT2D eigenvalue weighted by molar-refractivity contribution is 0.245. The minimum Gasteiger partial charge on any atom is -0.417 e. The van der Waals surface area contributed by atoms with E-state index in [9.17, 15) is 0 Å². The molecule has 124 valence electrons. The van der Waals surface area contributed by atoms with E-state index in [1.807, 2.05) is 0 Å². The van der Waals surface area contributed by atoms with Gasteiger partial charge in [-0.25, -0.2) is 0 Å². The molecule has 2 atom stereocenters. The van der Waals surface area contributed by atoms with Crippen LogP contribution in [0.3, 0.4) is 0 Å². The van der Waals surface area contributed by atoms with Crippen LogP contribution in [0.2, 0.25) is 18.1 Å². The Labute approximate surface area is 134 Å². The standard InChI is InChI=1S/C19H38OSi/c1-15(2)12-11-13-19(8)16(18(19,6)7)14-20-21(9,10)17(3,4)5/h12,16H,11,13-14H2,1-10H3/t16-,19+/m1/s1. The SMILES string of the molecule is CC(C)=CCC[C@@]1(C)[C@H](CO[Si](C)(C)C(C)(C)C)C1(C)C. The maximum Gasteiger partial charge on any atom is 0.191 e. The van der Waals surface area contributed by atoms with E-state index < -0.39 is 8.32 Å². The summed E-state index contributed by atoms with van der Waals surface area (Å²) in [6.07, 6.45) is 4.88. The van der Waals surface area contributed by atoms with Crippen LogP contribution >= 0.6 is 0 Å². The molecule has 1 rings (SSSR count). The Bertz CT molecular complexity index is 396. The second kappa shape index (κ2) is 5.85. The summed E-state index contributed by atoms with van der Waals surface area (Å²) in [6, 6.07) is 0. The topological polar surface area (TPSA) is 9.23 Å². The summed E-state index contributed by atoms with van der Waals surface area (Å²) in [7, 11) is -1.61. The number of hydrogen-bond donors (Lipinski definition) is 0. The Morgan fingerprint density at radius 3 is 2.10 bits per heavy atom. The molecule has 21 heavy (non-hydrogen) atoms. The highest BCUT2D eigenvalue weighted by Gasteiger charge is 2.66. The second-order valence-corrected chi connectivity index (χ2v) is 14.4. The summed E-state index contributed by atoms with van der Waals surface area (Å²) >= 11 is 0. The average molecular weight is 311 g/mol. The normalized spacial score (nSPS) is 28.4. The Hall–Kier alpha value is -0.0831. The van der Waals surface area contributed by atoms with E-state index in [4.69, 9.17) is 4.43 Å². The molecule has 1 saturated carbocycles. The summed E-state index contributed by atoms with van der Waals surface area (Å²) in [5.74, 6) is 0.713. The zero-order valence-corrected chi connectivity index (χ0v) is 17.2. The van der Waals surface area contributed by atoms with Crippen LogP contribution in [0.25, 0.3) is 0 Å². The zero-order valence-electron chi connectivity index (χ0n) is 16.2. The van der Waals surface area contributed by atoms with E-state index in [0.717, 1.165) is 6.61 Å². The molecule has 0 spiro atoms. The first-order valence-corrected chi connectivity index (χ1v) is 11.4. The Morgan fingerprint density at radius 1 is 1.14 bits per heavy atom. The monoisotopic (exact) mass is 310 g/mol. The van der Waals surface area contributed by atoms with E-state index >= 15 is 0 Å². The molecule has 0 radical (unpaired) electrons. The van der Waals surface area contributed by atoms with Gasteiger partial charge in [0, 0.05) is 6.61 Å². The predicted octanol–water partition coefficient (Wildman–Crippen LogP) is 6.42. The van der Waals surface area contributed by atoms with Gasteiger partial charge in [-0.1, -0.05) is 53.2 Å². The minimum atomic E-state index is -1.61. The van der Waals surface area contributed by atoms with Gasteiger partial charge < -0.3 is 4.43 Å². The number of rotatable bonds is 6. The molecule has 0 bridgehead atoms. The first-order valence-electron chi connectivity index (χ1n) is 8.53. The molecule has 0 N–H and O–H groups in total. The summed E-state index contributed by atoms with van der Waals surface area (Å²) < 4.78 is 6.50. The highest BCUT2D eigenvalue weighted by molar-refractivity contribution is 6.74. The molecule has 0 amide bonds. The summed E-state index contributed by atoms with van der Waals surface area (Å²) in [5.41, 5.74) is 2.30. The van der Waals surface area contributed by atoms with Gasteiger partial charge in [-0.3, -0.25) is 0 Å². The quantitative estimate of drug-likeness (QED) is 0.406.